The van der Waals surface area contributed by atoms with Gasteiger partial charge in [0.25, 0.3) is 0 Å². The van der Waals surface area contributed by atoms with E-state index >= 15 is 0 Å². The summed E-state index contributed by atoms with van der Waals surface area (Å²) in [6, 6.07) is 14.8. The Kier molecular flexibility index (Phi) is 3.86. The van der Waals surface area contributed by atoms with E-state index in [4.69, 9.17) is 21.6 Å². The van der Waals surface area contributed by atoms with Crippen molar-refractivity contribution >= 4 is 11.6 Å². The molecule has 0 heterocycles. The van der Waals surface area contributed by atoms with Crippen molar-refractivity contribution in [3.8, 4) is 17.6 Å². The van der Waals surface area contributed by atoms with Gasteiger partial charge in [-0.05, 0) is 36.2 Å². The monoisotopic (exact) mass is 257 g/mol. The normalized spacial score (nSPS) is 9.83. The van der Waals surface area contributed by atoms with Crippen molar-refractivity contribution in [2.24, 2.45) is 0 Å². The van der Waals surface area contributed by atoms with Crippen LogP contribution in [0, 0.1) is 11.3 Å². The average molecular weight is 258 g/mol. The summed E-state index contributed by atoms with van der Waals surface area (Å²) < 4.78 is 5.67. The Morgan fingerprint density at radius 1 is 1.17 bits per heavy atom. The fourth-order valence-electron chi connectivity index (χ4n) is 1.59. The summed E-state index contributed by atoms with van der Waals surface area (Å²) in [5.74, 6) is 1.18. The van der Waals surface area contributed by atoms with Crippen molar-refractivity contribution in [3.05, 3.63) is 58.6 Å². The lowest BCUT2D eigenvalue weighted by molar-refractivity contribution is 0.481. The summed E-state index contributed by atoms with van der Waals surface area (Å²) in [5.41, 5.74) is 1.72. The van der Waals surface area contributed by atoms with Gasteiger partial charge in [-0.15, -0.1) is 0 Å². The minimum atomic E-state index is 0.471. The fourth-order valence-corrected chi connectivity index (χ4v) is 1.76. The molecule has 0 N–H and O–H groups in total. The van der Waals surface area contributed by atoms with Crippen LogP contribution in [0.15, 0.2) is 42.5 Å². The molecule has 0 saturated heterocycles. The van der Waals surface area contributed by atoms with Crippen LogP contribution in [0.25, 0.3) is 0 Å². The second-order valence-corrected chi connectivity index (χ2v) is 4.29. The van der Waals surface area contributed by atoms with Gasteiger partial charge in [-0.25, -0.2) is 0 Å². The lowest BCUT2D eigenvalue weighted by atomic mass is 10.2. The summed E-state index contributed by atoms with van der Waals surface area (Å²) in [6.07, 6.45) is 0.987. The molecule has 0 bridgehead atoms. The molecule has 2 nitrogen and oxygen atoms in total. The Morgan fingerprint density at radius 3 is 2.50 bits per heavy atom. The van der Waals surface area contributed by atoms with Gasteiger partial charge in [0, 0.05) is 11.1 Å². The molecule has 2 aromatic carbocycles. The highest BCUT2D eigenvalue weighted by atomic mass is 35.5. The quantitative estimate of drug-likeness (QED) is 0.807. The van der Waals surface area contributed by atoms with E-state index in [2.05, 4.69) is 13.0 Å². The van der Waals surface area contributed by atoms with E-state index < -0.39 is 0 Å². The topological polar surface area (TPSA) is 33.0 Å². The predicted molar refractivity (Wildman–Crippen MR) is 72.1 cm³/mol. The largest absolute Gasteiger partial charge is 0.456 e. The van der Waals surface area contributed by atoms with Crippen LogP contribution in [0.5, 0.6) is 11.5 Å². The van der Waals surface area contributed by atoms with Gasteiger partial charge in [-0.2, -0.15) is 5.26 Å². The number of nitriles is 1. The number of hydrogen-bond acceptors (Lipinski definition) is 2. The maximum atomic E-state index is 9.00. The summed E-state index contributed by atoms with van der Waals surface area (Å²) in [6.45, 7) is 2.10. The second-order valence-electron chi connectivity index (χ2n) is 3.85. The number of rotatable bonds is 3. The van der Waals surface area contributed by atoms with Crippen molar-refractivity contribution in [3.63, 3.8) is 0 Å². The maximum Gasteiger partial charge on any atom is 0.146 e. The van der Waals surface area contributed by atoms with E-state index in [0.717, 1.165) is 6.42 Å². The summed E-state index contributed by atoms with van der Waals surface area (Å²) in [4.78, 5) is 0. The van der Waals surface area contributed by atoms with Crippen LogP contribution in [-0.2, 0) is 6.42 Å². The second kappa shape index (κ2) is 5.57. The molecule has 0 unspecified atom stereocenters. The van der Waals surface area contributed by atoms with Gasteiger partial charge in [-0.3, -0.25) is 0 Å². The molecule has 0 atom stereocenters. The van der Waals surface area contributed by atoms with Gasteiger partial charge >= 0.3 is 0 Å². The van der Waals surface area contributed by atoms with Crippen LogP contribution in [0.3, 0.4) is 0 Å². The van der Waals surface area contributed by atoms with Gasteiger partial charge < -0.3 is 4.74 Å². The first-order valence-electron chi connectivity index (χ1n) is 5.69. The summed E-state index contributed by atoms with van der Waals surface area (Å²) >= 11 is 5.90. The third-order valence-corrected chi connectivity index (χ3v) is 2.86. The van der Waals surface area contributed by atoms with Crippen LogP contribution in [0.1, 0.15) is 18.1 Å². The number of nitrogens with zero attached hydrogens (tertiary/aromatic N) is 1. The molecule has 0 aliphatic carbocycles. The zero-order chi connectivity index (χ0) is 13.0. The minimum Gasteiger partial charge on any atom is -0.456 e. The molecule has 0 radical (unpaired) electrons. The molecule has 0 spiro atoms. The zero-order valence-corrected chi connectivity index (χ0v) is 10.7. The molecule has 2 aromatic rings. The van der Waals surface area contributed by atoms with E-state index in [9.17, 15) is 0 Å². The smallest absolute Gasteiger partial charge is 0.146 e. The first-order valence-corrected chi connectivity index (χ1v) is 6.07. The fraction of sp³-hybridized carbons (Fsp3) is 0.133. The maximum absolute atomic E-state index is 9.00. The standard InChI is InChI=1S/C15H12ClNO/c1-2-11-3-7-14(8-4-11)18-15-9-13(16)6-5-12(15)10-17/h3-9H,2H2,1H3. The Balaban J connectivity index is 2.27. The van der Waals surface area contributed by atoms with Crippen LogP contribution < -0.4 is 4.74 Å². The molecule has 0 fully saturated rings. The molecular weight excluding hydrogens is 246 g/mol. The first kappa shape index (κ1) is 12.5. The molecule has 0 aliphatic rings. The third-order valence-electron chi connectivity index (χ3n) is 2.62. The van der Waals surface area contributed by atoms with Crippen molar-refractivity contribution in [2.75, 3.05) is 0 Å². The van der Waals surface area contributed by atoms with E-state index in [1.54, 1.807) is 18.2 Å². The summed E-state index contributed by atoms with van der Waals surface area (Å²) in [7, 11) is 0. The molecule has 0 aromatic heterocycles. The Hall–Kier alpha value is -1.98. The zero-order valence-electron chi connectivity index (χ0n) is 9.98. The molecule has 18 heavy (non-hydrogen) atoms. The van der Waals surface area contributed by atoms with Crippen LogP contribution in [0.2, 0.25) is 5.02 Å². The van der Waals surface area contributed by atoms with Crippen LogP contribution in [-0.4, -0.2) is 0 Å². The average Bonchev–Trinajstić information content (AvgIpc) is 2.40. The predicted octanol–water partition coefficient (Wildman–Crippen LogP) is 4.57. The van der Waals surface area contributed by atoms with Crippen molar-refractivity contribution in [1.29, 1.82) is 5.26 Å². The van der Waals surface area contributed by atoms with Gasteiger partial charge in [0.15, 0.2) is 0 Å². The SMILES string of the molecule is CCc1ccc(Oc2cc(Cl)ccc2C#N)cc1. The minimum absolute atomic E-state index is 0.471. The highest BCUT2D eigenvalue weighted by Crippen LogP contribution is 2.28. The lowest BCUT2D eigenvalue weighted by Gasteiger charge is -2.08. The van der Waals surface area contributed by atoms with Crippen LogP contribution >= 0.6 is 11.6 Å². The van der Waals surface area contributed by atoms with E-state index in [0.29, 0.717) is 22.1 Å². The molecule has 90 valence electrons. The molecular formula is C15H12ClNO. The van der Waals surface area contributed by atoms with E-state index in [1.807, 2.05) is 24.3 Å². The number of aryl methyl sites for hydroxylation is 1. The van der Waals surface area contributed by atoms with Crippen molar-refractivity contribution < 1.29 is 4.74 Å². The number of halogens is 1. The molecule has 0 saturated carbocycles. The Bertz CT molecular complexity index is 584. The Morgan fingerprint density at radius 2 is 1.89 bits per heavy atom. The highest BCUT2D eigenvalue weighted by Gasteiger charge is 2.05. The van der Waals surface area contributed by atoms with Crippen molar-refractivity contribution in [1.82, 2.24) is 0 Å². The van der Waals surface area contributed by atoms with Gasteiger partial charge in [0.05, 0.1) is 5.56 Å². The van der Waals surface area contributed by atoms with Gasteiger partial charge in [-0.1, -0.05) is 30.7 Å². The van der Waals surface area contributed by atoms with Crippen LogP contribution in [0.4, 0.5) is 0 Å². The highest BCUT2D eigenvalue weighted by molar-refractivity contribution is 6.30. The number of hydrogen-bond donors (Lipinski definition) is 0. The van der Waals surface area contributed by atoms with E-state index in [-0.39, 0.29) is 0 Å². The van der Waals surface area contributed by atoms with Crippen molar-refractivity contribution in [2.45, 2.75) is 13.3 Å². The van der Waals surface area contributed by atoms with Gasteiger partial charge in [0.2, 0.25) is 0 Å². The number of benzene rings is 2. The lowest BCUT2D eigenvalue weighted by Crippen LogP contribution is -1.89. The molecule has 3 heteroatoms. The first-order chi connectivity index (χ1) is 8.72. The molecule has 0 aliphatic heterocycles. The molecule has 2 rings (SSSR count). The van der Waals surface area contributed by atoms with Gasteiger partial charge in [0.1, 0.15) is 17.6 Å². The van der Waals surface area contributed by atoms with E-state index in [1.165, 1.54) is 5.56 Å². The Labute approximate surface area is 111 Å². The summed E-state index contributed by atoms with van der Waals surface area (Å²) in [5, 5.41) is 9.55. The molecule has 0 amide bonds. The third kappa shape index (κ3) is 2.82. The number of ether oxygens (including phenoxy) is 1.